The van der Waals surface area contributed by atoms with E-state index in [1.165, 1.54) is 12.1 Å². The average molecular weight is 267 g/mol. The Hall–Kier alpha value is -2.71. The molecule has 0 aromatic heterocycles. The minimum absolute atomic E-state index is 0.345. The van der Waals surface area contributed by atoms with Crippen LogP contribution in [0.25, 0.3) is 0 Å². The van der Waals surface area contributed by atoms with E-state index in [2.05, 4.69) is 4.99 Å². The van der Waals surface area contributed by atoms with Gasteiger partial charge in [-0.05, 0) is 30.7 Å². The number of hydrogen-bond donors (Lipinski definition) is 0. The van der Waals surface area contributed by atoms with E-state index >= 15 is 0 Å². The lowest BCUT2D eigenvalue weighted by Gasteiger charge is -2.13. The summed E-state index contributed by atoms with van der Waals surface area (Å²) in [6.07, 6.45) is 1.09. The van der Waals surface area contributed by atoms with E-state index in [9.17, 15) is 9.59 Å². The van der Waals surface area contributed by atoms with Crippen LogP contribution in [-0.2, 0) is 9.53 Å². The van der Waals surface area contributed by atoms with E-state index in [-0.39, 0.29) is 6.10 Å². The molecule has 4 heteroatoms. The van der Waals surface area contributed by atoms with Crippen LogP contribution < -0.4 is 0 Å². The molecule has 0 bridgehead atoms. The molecule has 2 rings (SSSR count). The number of benzene rings is 2. The first-order valence-corrected chi connectivity index (χ1v) is 6.14. The highest BCUT2D eigenvalue weighted by Crippen LogP contribution is 2.20. The number of carbonyl (C=O) groups excluding carboxylic acids is 2. The zero-order valence-corrected chi connectivity index (χ0v) is 10.9. The van der Waals surface area contributed by atoms with E-state index in [1.807, 2.05) is 30.3 Å². The van der Waals surface area contributed by atoms with Gasteiger partial charge in [0.1, 0.15) is 6.10 Å². The summed E-state index contributed by atoms with van der Waals surface area (Å²) in [4.78, 5) is 25.7. The van der Waals surface area contributed by atoms with Gasteiger partial charge >= 0.3 is 5.97 Å². The molecule has 1 atom stereocenters. The number of rotatable bonds is 4. The fourth-order valence-corrected chi connectivity index (χ4v) is 1.78. The predicted molar refractivity (Wildman–Crippen MR) is 74.5 cm³/mol. The normalized spacial score (nSPS) is 11.2. The van der Waals surface area contributed by atoms with Gasteiger partial charge < -0.3 is 4.74 Å². The van der Waals surface area contributed by atoms with Crippen LogP contribution >= 0.6 is 0 Å². The van der Waals surface area contributed by atoms with Gasteiger partial charge in [-0.3, -0.25) is 0 Å². The van der Waals surface area contributed by atoms with Gasteiger partial charge in [0.2, 0.25) is 6.08 Å². The van der Waals surface area contributed by atoms with Crippen molar-refractivity contribution in [1.82, 2.24) is 0 Å². The summed E-state index contributed by atoms with van der Waals surface area (Å²) in [7, 11) is 0. The summed E-state index contributed by atoms with van der Waals surface area (Å²) in [6.45, 7) is 1.81. The van der Waals surface area contributed by atoms with Crippen molar-refractivity contribution < 1.29 is 14.3 Å². The van der Waals surface area contributed by atoms with E-state index in [0.717, 1.165) is 5.56 Å². The number of isocyanates is 1. The van der Waals surface area contributed by atoms with Gasteiger partial charge in [0, 0.05) is 0 Å². The Bertz CT molecular complexity index is 646. The predicted octanol–water partition coefficient (Wildman–Crippen LogP) is 3.57. The van der Waals surface area contributed by atoms with Crippen LogP contribution in [0.2, 0.25) is 0 Å². The molecule has 100 valence electrons. The zero-order chi connectivity index (χ0) is 14.4. The third-order valence-electron chi connectivity index (χ3n) is 2.81. The van der Waals surface area contributed by atoms with Gasteiger partial charge in [0.25, 0.3) is 0 Å². The average Bonchev–Trinajstić information content (AvgIpc) is 2.48. The number of aliphatic imine (C=N–C) groups is 1. The number of hydrogen-bond acceptors (Lipinski definition) is 4. The van der Waals surface area contributed by atoms with Gasteiger partial charge in [-0.15, -0.1) is 0 Å². The number of nitrogens with zero attached hydrogens (tertiary/aromatic N) is 1. The molecular weight excluding hydrogens is 254 g/mol. The van der Waals surface area contributed by atoms with Gasteiger partial charge in [-0.1, -0.05) is 36.4 Å². The first kappa shape index (κ1) is 13.7. The molecule has 0 unspecified atom stereocenters. The summed E-state index contributed by atoms with van der Waals surface area (Å²) in [5.74, 6) is -0.454. The third-order valence-corrected chi connectivity index (χ3v) is 2.81. The molecule has 0 aliphatic rings. The summed E-state index contributed by atoms with van der Waals surface area (Å²) in [5, 5.41) is 0. The first-order valence-electron chi connectivity index (χ1n) is 6.14. The van der Waals surface area contributed by atoms with Gasteiger partial charge in [-0.25, -0.2) is 9.59 Å². The van der Waals surface area contributed by atoms with Crippen LogP contribution in [0.4, 0.5) is 5.69 Å². The maximum Gasteiger partial charge on any atom is 0.338 e. The Morgan fingerprint density at radius 3 is 2.60 bits per heavy atom. The third kappa shape index (κ3) is 3.40. The van der Waals surface area contributed by atoms with E-state index in [0.29, 0.717) is 11.3 Å². The second-order valence-corrected chi connectivity index (χ2v) is 4.21. The number of esters is 1. The zero-order valence-electron chi connectivity index (χ0n) is 10.9. The van der Waals surface area contributed by atoms with Crippen LogP contribution in [0.5, 0.6) is 0 Å². The second kappa shape index (κ2) is 6.45. The topological polar surface area (TPSA) is 55.7 Å². The minimum Gasteiger partial charge on any atom is -0.454 e. The standard InChI is InChI=1S/C16H13NO3/c1-12(13-6-3-2-4-7-13)20-16(19)14-8-5-9-15(10-14)17-11-18/h2-10,12H,1H3/t12-/m0/s1. The summed E-state index contributed by atoms with van der Waals surface area (Å²) in [5.41, 5.74) is 1.65. The molecule has 0 fully saturated rings. The molecule has 0 heterocycles. The van der Waals surface area contributed by atoms with Crippen molar-refractivity contribution in [3.05, 3.63) is 65.7 Å². The van der Waals surface area contributed by atoms with E-state index in [4.69, 9.17) is 4.74 Å². The molecule has 0 spiro atoms. The van der Waals surface area contributed by atoms with Crippen LogP contribution in [0, 0.1) is 0 Å². The summed E-state index contributed by atoms with van der Waals surface area (Å²) >= 11 is 0. The van der Waals surface area contributed by atoms with Gasteiger partial charge in [-0.2, -0.15) is 4.99 Å². The fraction of sp³-hybridized carbons (Fsp3) is 0.125. The SMILES string of the molecule is C[C@H](OC(=O)c1cccc(N=C=O)c1)c1ccccc1. The molecule has 0 saturated heterocycles. The molecule has 0 amide bonds. The summed E-state index contributed by atoms with van der Waals surface area (Å²) < 4.78 is 5.38. The van der Waals surface area contributed by atoms with Gasteiger partial charge in [0.05, 0.1) is 11.3 Å². The summed E-state index contributed by atoms with van der Waals surface area (Å²) in [6, 6.07) is 15.8. The van der Waals surface area contributed by atoms with E-state index < -0.39 is 5.97 Å². The lowest BCUT2D eigenvalue weighted by molar-refractivity contribution is 0.0338. The van der Waals surface area contributed by atoms with Crippen molar-refractivity contribution in [2.75, 3.05) is 0 Å². The maximum absolute atomic E-state index is 12.0. The second-order valence-electron chi connectivity index (χ2n) is 4.21. The molecule has 0 N–H and O–H groups in total. The van der Waals surface area contributed by atoms with Crippen molar-refractivity contribution in [3.63, 3.8) is 0 Å². The Morgan fingerprint density at radius 1 is 1.15 bits per heavy atom. The Kier molecular flexibility index (Phi) is 4.43. The molecule has 2 aromatic rings. The Morgan fingerprint density at radius 2 is 1.90 bits per heavy atom. The molecule has 0 radical (unpaired) electrons. The monoisotopic (exact) mass is 267 g/mol. The number of carbonyl (C=O) groups is 1. The van der Waals surface area contributed by atoms with Gasteiger partial charge in [0.15, 0.2) is 0 Å². The minimum atomic E-state index is -0.454. The molecule has 2 aromatic carbocycles. The highest BCUT2D eigenvalue weighted by Gasteiger charge is 2.13. The molecule has 20 heavy (non-hydrogen) atoms. The van der Waals surface area contributed by atoms with Crippen molar-refractivity contribution in [2.45, 2.75) is 13.0 Å². The quantitative estimate of drug-likeness (QED) is 0.483. The smallest absolute Gasteiger partial charge is 0.338 e. The molecule has 4 nitrogen and oxygen atoms in total. The van der Waals surface area contributed by atoms with E-state index in [1.54, 1.807) is 25.1 Å². The van der Waals surface area contributed by atoms with Crippen LogP contribution in [-0.4, -0.2) is 12.0 Å². The Labute approximate surface area is 116 Å². The molecule has 0 aliphatic carbocycles. The van der Waals surface area contributed by atoms with Crippen molar-refractivity contribution in [1.29, 1.82) is 0 Å². The highest BCUT2D eigenvalue weighted by molar-refractivity contribution is 5.90. The largest absolute Gasteiger partial charge is 0.454 e. The lowest BCUT2D eigenvalue weighted by Crippen LogP contribution is -2.09. The number of ether oxygens (including phenoxy) is 1. The molecule has 0 aliphatic heterocycles. The lowest BCUT2D eigenvalue weighted by atomic mass is 10.1. The van der Waals surface area contributed by atoms with Crippen molar-refractivity contribution >= 4 is 17.7 Å². The molecule has 0 saturated carbocycles. The maximum atomic E-state index is 12.0. The van der Waals surface area contributed by atoms with Crippen molar-refractivity contribution in [3.8, 4) is 0 Å². The Balaban J connectivity index is 2.12. The van der Waals surface area contributed by atoms with Crippen LogP contribution in [0.15, 0.2) is 59.6 Å². The fourth-order valence-electron chi connectivity index (χ4n) is 1.78. The highest BCUT2D eigenvalue weighted by atomic mass is 16.5. The van der Waals surface area contributed by atoms with Crippen LogP contribution in [0.1, 0.15) is 28.9 Å². The molecular formula is C16H13NO3. The van der Waals surface area contributed by atoms with Crippen molar-refractivity contribution in [2.24, 2.45) is 4.99 Å². The first-order chi connectivity index (χ1) is 9.70. The van der Waals surface area contributed by atoms with Crippen LogP contribution in [0.3, 0.4) is 0 Å².